The van der Waals surface area contributed by atoms with E-state index >= 15 is 0 Å². The Bertz CT molecular complexity index is 936. The van der Waals surface area contributed by atoms with Crippen LogP contribution in [0.4, 0.5) is 18.9 Å². The van der Waals surface area contributed by atoms with E-state index in [0.717, 1.165) is 17.7 Å². The molecule has 0 spiro atoms. The number of rotatable bonds is 6. The minimum absolute atomic E-state index is 0.141. The highest BCUT2D eigenvalue weighted by Crippen LogP contribution is 2.32. The Morgan fingerprint density at radius 2 is 1.81 bits per heavy atom. The van der Waals surface area contributed by atoms with Crippen LogP contribution < -0.4 is 14.4 Å². The minimum Gasteiger partial charge on any atom is -0.493 e. The predicted octanol–water partition coefficient (Wildman–Crippen LogP) is 4.47. The first-order chi connectivity index (χ1) is 14.8. The van der Waals surface area contributed by atoms with Crippen molar-refractivity contribution in [1.29, 1.82) is 0 Å². The van der Waals surface area contributed by atoms with Gasteiger partial charge in [0.1, 0.15) is 0 Å². The third-order valence-electron chi connectivity index (χ3n) is 5.04. The molecule has 1 aliphatic rings. The molecule has 1 saturated heterocycles. The number of carbonyl (C=O) groups excluding carboxylic acids is 1. The van der Waals surface area contributed by atoms with Crippen LogP contribution in [0.3, 0.4) is 0 Å². The van der Waals surface area contributed by atoms with Crippen LogP contribution in [0.2, 0.25) is 0 Å². The highest BCUT2D eigenvalue weighted by atomic mass is 19.4. The zero-order valence-corrected chi connectivity index (χ0v) is 17.5. The van der Waals surface area contributed by atoms with Crippen LogP contribution in [0.5, 0.6) is 11.5 Å². The van der Waals surface area contributed by atoms with Gasteiger partial charge in [-0.3, -0.25) is 4.79 Å². The summed E-state index contributed by atoms with van der Waals surface area (Å²) in [6.07, 6.45) is -1.16. The van der Waals surface area contributed by atoms with Crippen molar-refractivity contribution in [1.82, 2.24) is 4.90 Å². The molecule has 1 amide bonds. The standard InChI is InChI=1S/C23H25F3N2O3/c1-3-31-21-15-17(7-9-20(21)30-2)8-10-22(29)28-13-11-27(12-14-28)19-6-4-5-18(16-19)23(24,25)26/h4-10,15-16H,3,11-14H2,1-2H3/b10-8+. The number of amides is 1. The molecule has 3 rings (SSSR count). The average molecular weight is 434 g/mol. The number of nitrogens with zero attached hydrogens (tertiary/aromatic N) is 2. The van der Waals surface area contributed by atoms with Crippen molar-refractivity contribution >= 4 is 17.7 Å². The Balaban J connectivity index is 1.60. The molecular weight excluding hydrogens is 409 g/mol. The van der Waals surface area contributed by atoms with Gasteiger partial charge in [-0.15, -0.1) is 0 Å². The molecule has 8 heteroatoms. The number of anilines is 1. The second-order valence-electron chi connectivity index (χ2n) is 7.04. The average Bonchev–Trinajstić information content (AvgIpc) is 2.77. The summed E-state index contributed by atoms with van der Waals surface area (Å²) in [6, 6.07) is 10.7. The van der Waals surface area contributed by atoms with Crippen molar-refractivity contribution in [2.45, 2.75) is 13.1 Å². The van der Waals surface area contributed by atoms with Crippen LogP contribution >= 0.6 is 0 Å². The smallest absolute Gasteiger partial charge is 0.416 e. The first-order valence-electron chi connectivity index (χ1n) is 10.0. The SMILES string of the molecule is CCOc1cc(/C=C/C(=O)N2CCN(c3cccc(C(F)(F)F)c3)CC2)ccc1OC. The highest BCUT2D eigenvalue weighted by molar-refractivity contribution is 5.92. The molecule has 31 heavy (non-hydrogen) atoms. The zero-order valence-electron chi connectivity index (χ0n) is 17.5. The molecule has 2 aromatic rings. The second-order valence-corrected chi connectivity index (χ2v) is 7.04. The van der Waals surface area contributed by atoms with E-state index in [1.54, 1.807) is 36.3 Å². The first-order valence-corrected chi connectivity index (χ1v) is 10.0. The number of hydrogen-bond acceptors (Lipinski definition) is 4. The molecule has 0 bridgehead atoms. The number of methoxy groups -OCH3 is 1. The number of carbonyl (C=O) groups is 1. The largest absolute Gasteiger partial charge is 0.493 e. The summed E-state index contributed by atoms with van der Waals surface area (Å²) >= 11 is 0. The van der Waals surface area contributed by atoms with Gasteiger partial charge in [0, 0.05) is 37.9 Å². The molecule has 0 aliphatic carbocycles. The van der Waals surface area contributed by atoms with Gasteiger partial charge in [0.15, 0.2) is 11.5 Å². The molecule has 1 heterocycles. The van der Waals surface area contributed by atoms with Gasteiger partial charge in [-0.25, -0.2) is 0 Å². The highest BCUT2D eigenvalue weighted by Gasteiger charge is 2.31. The van der Waals surface area contributed by atoms with Gasteiger partial charge >= 0.3 is 6.18 Å². The Morgan fingerprint density at radius 3 is 2.45 bits per heavy atom. The molecule has 1 fully saturated rings. The van der Waals surface area contributed by atoms with Crippen molar-refractivity contribution in [3.63, 3.8) is 0 Å². The number of hydrogen-bond donors (Lipinski definition) is 0. The zero-order chi connectivity index (χ0) is 22.4. The van der Waals surface area contributed by atoms with E-state index in [-0.39, 0.29) is 5.91 Å². The van der Waals surface area contributed by atoms with Gasteiger partial charge in [0.05, 0.1) is 19.3 Å². The monoisotopic (exact) mass is 434 g/mol. The van der Waals surface area contributed by atoms with Crippen LogP contribution in [0.1, 0.15) is 18.1 Å². The molecule has 0 saturated carbocycles. The van der Waals surface area contributed by atoms with E-state index in [1.165, 1.54) is 12.1 Å². The Morgan fingerprint density at radius 1 is 1.06 bits per heavy atom. The Kier molecular flexibility index (Phi) is 7.09. The van der Waals surface area contributed by atoms with Crippen LogP contribution in [0.15, 0.2) is 48.5 Å². The van der Waals surface area contributed by atoms with Crippen molar-refractivity contribution in [2.75, 3.05) is 44.8 Å². The fourth-order valence-corrected chi connectivity index (χ4v) is 3.40. The summed E-state index contributed by atoms with van der Waals surface area (Å²) in [6.45, 7) is 4.19. The van der Waals surface area contributed by atoms with Gasteiger partial charge < -0.3 is 19.3 Å². The fourth-order valence-electron chi connectivity index (χ4n) is 3.40. The quantitative estimate of drug-likeness (QED) is 0.629. The van der Waals surface area contributed by atoms with Crippen LogP contribution in [-0.4, -0.2) is 50.7 Å². The molecule has 0 aromatic heterocycles. The van der Waals surface area contributed by atoms with Crippen molar-refractivity contribution in [3.05, 3.63) is 59.7 Å². The molecule has 0 N–H and O–H groups in total. The maximum atomic E-state index is 12.9. The van der Waals surface area contributed by atoms with Crippen molar-refractivity contribution in [2.24, 2.45) is 0 Å². The third-order valence-corrected chi connectivity index (χ3v) is 5.04. The van der Waals surface area contributed by atoms with Crippen LogP contribution in [0.25, 0.3) is 6.08 Å². The molecule has 166 valence electrons. The summed E-state index contributed by atoms with van der Waals surface area (Å²) in [4.78, 5) is 16.1. The van der Waals surface area contributed by atoms with Gasteiger partial charge in [-0.1, -0.05) is 12.1 Å². The lowest BCUT2D eigenvalue weighted by molar-refractivity contribution is -0.137. The maximum Gasteiger partial charge on any atom is 0.416 e. The Labute approximate surface area is 179 Å². The Hall–Kier alpha value is -3.16. The number of benzene rings is 2. The van der Waals surface area contributed by atoms with Crippen molar-refractivity contribution < 1.29 is 27.4 Å². The lowest BCUT2D eigenvalue weighted by atomic mass is 10.1. The summed E-state index contributed by atoms with van der Waals surface area (Å²) in [5.74, 6) is 1.09. The van der Waals surface area contributed by atoms with E-state index in [0.29, 0.717) is 50.0 Å². The van der Waals surface area contributed by atoms with Gasteiger partial charge in [-0.2, -0.15) is 13.2 Å². The number of halogens is 3. The van der Waals surface area contributed by atoms with E-state index < -0.39 is 11.7 Å². The minimum atomic E-state index is -4.37. The summed E-state index contributed by atoms with van der Waals surface area (Å²) in [5.41, 5.74) is 0.650. The van der Waals surface area contributed by atoms with Gasteiger partial charge in [0.25, 0.3) is 0 Å². The molecule has 1 aliphatic heterocycles. The van der Waals surface area contributed by atoms with E-state index in [4.69, 9.17) is 9.47 Å². The first kappa shape index (κ1) is 22.5. The van der Waals surface area contributed by atoms with Gasteiger partial charge in [0.2, 0.25) is 5.91 Å². The lowest BCUT2D eigenvalue weighted by Crippen LogP contribution is -2.48. The molecule has 0 unspecified atom stereocenters. The molecule has 0 radical (unpaired) electrons. The summed E-state index contributed by atoms with van der Waals surface area (Å²) in [5, 5.41) is 0. The summed E-state index contributed by atoms with van der Waals surface area (Å²) in [7, 11) is 1.57. The molecule has 0 atom stereocenters. The molecular formula is C23H25F3N2O3. The van der Waals surface area contributed by atoms with E-state index in [2.05, 4.69) is 0 Å². The normalized spacial score (nSPS) is 14.7. The fraction of sp³-hybridized carbons (Fsp3) is 0.348. The van der Waals surface area contributed by atoms with Gasteiger partial charge in [-0.05, 0) is 48.9 Å². The molecule has 5 nitrogen and oxygen atoms in total. The maximum absolute atomic E-state index is 12.9. The van der Waals surface area contributed by atoms with E-state index in [1.807, 2.05) is 17.9 Å². The lowest BCUT2D eigenvalue weighted by Gasteiger charge is -2.35. The predicted molar refractivity (Wildman–Crippen MR) is 113 cm³/mol. The topological polar surface area (TPSA) is 42.0 Å². The number of ether oxygens (including phenoxy) is 2. The van der Waals surface area contributed by atoms with Crippen molar-refractivity contribution in [3.8, 4) is 11.5 Å². The van der Waals surface area contributed by atoms with Crippen LogP contribution in [-0.2, 0) is 11.0 Å². The number of alkyl halides is 3. The summed E-state index contributed by atoms with van der Waals surface area (Å²) < 4.78 is 49.6. The second kappa shape index (κ2) is 9.76. The number of piperazine rings is 1. The van der Waals surface area contributed by atoms with E-state index in [9.17, 15) is 18.0 Å². The third kappa shape index (κ3) is 5.71. The molecule has 2 aromatic carbocycles. The van der Waals surface area contributed by atoms with Crippen LogP contribution in [0, 0.1) is 0 Å².